The van der Waals surface area contributed by atoms with Crippen LogP contribution < -0.4 is 11.1 Å². The highest BCUT2D eigenvalue weighted by Gasteiger charge is 2.36. The van der Waals surface area contributed by atoms with Crippen LogP contribution >= 0.6 is 0 Å². The van der Waals surface area contributed by atoms with Crippen molar-refractivity contribution >= 4 is 29.1 Å². The summed E-state index contributed by atoms with van der Waals surface area (Å²) < 4.78 is 1.54. The number of amides is 2. The van der Waals surface area contributed by atoms with Crippen LogP contribution in [0.3, 0.4) is 0 Å². The van der Waals surface area contributed by atoms with Gasteiger partial charge in [-0.1, -0.05) is 17.7 Å². The Kier molecular flexibility index (Phi) is 5.77. The maximum absolute atomic E-state index is 13.3. The van der Waals surface area contributed by atoms with Crippen LogP contribution in [0, 0.1) is 6.92 Å². The molecule has 1 fully saturated rings. The number of carbonyl (C=O) groups excluding carboxylic acids is 3. The number of aryl methyl sites for hydroxylation is 1. The largest absolute Gasteiger partial charge is 0.383 e. The molecule has 4 rings (SSSR count). The SMILES string of the molecule is CC(=O)Nc1ccc(C(=O)N2CCC[C@H]2C(=O)c2cnn(-c3ccc(C)cc3)c2N)cc1. The lowest BCUT2D eigenvalue weighted by molar-refractivity contribution is -0.114. The van der Waals surface area contributed by atoms with Crippen molar-refractivity contribution in [3.63, 3.8) is 0 Å². The molecule has 2 aromatic carbocycles. The van der Waals surface area contributed by atoms with Gasteiger partial charge >= 0.3 is 0 Å². The number of nitrogens with one attached hydrogen (secondary N) is 1. The molecule has 2 heterocycles. The van der Waals surface area contributed by atoms with E-state index in [1.165, 1.54) is 17.8 Å². The zero-order valence-corrected chi connectivity index (χ0v) is 18.0. The van der Waals surface area contributed by atoms with Crippen molar-refractivity contribution < 1.29 is 14.4 Å². The fourth-order valence-electron chi connectivity index (χ4n) is 3.97. The number of nitrogens with zero attached hydrogens (tertiary/aromatic N) is 3. The average molecular weight is 431 g/mol. The fourth-order valence-corrected chi connectivity index (χ4v) is 3.97. The Hall–Kier alpha value is -3.94. The van der Waals surface area contributed by atoms with Gasteiger partial charge in [0.2, 0.25) is 5.91 Å². The van der Waals surface area contributed by atoms with Crippen molar-refractivity contribution in [1.29, 1.82) is 0 Å². The Balaban J connectivity index is 1.54. The van der Waals surface area contributed by atoms with E-state index in [1.54, 1.807) is 29.2 Å². The van der Waals surface area contributed by atoms with Crippen molar-refractivity contribution in [2.75, 3.05) is 17.6 Å². The van der Waals surface area contributed by atoms with E-state index in [0.29, 0.717) is 29.8 Å². The van der Waals surface area contributed by atoms with Crippen molar-refractivity contribution in [2.24, 2.45) is 0 Å². The molecule has 3 aromatic rings. The van der Waals surface area contributed by atoms with E-state index in [4.69, 9.17) is 5.73 Å². The first-order chi connectivity index (χ1) is 15.3. The zero-order chi connectivity index (χ0) is 22.8. The van der Waals surface area contributed by atoms with E-state index in [1.807, 2.05) is 31.2 Å². The lowest BCUT2D eigenvalue weighted by Crippen LogP contribution is -2.40. The number of carbonyl (C=O) groups is 3. The van der Waals surface area contributed by atoms with Gasteiger partial charge in [0.25, 0.3) is 5.91 Å². The zero-order valence-electron chi connectivity index (χ0n) is 18.0. The van der Waals surface area contributed by atoms with Crippen LogP contribution in [0.25, 0.3) is 5.69 Å². The molecule has 0 radical (unpaired) electrons. The number of anilines is 2. The number of hydrogen-bond acceptors (Lipinski definition) is 5. The van der Waals surface area contributed by atoms with Crippen LogP contribution in [0.2, 0.25) is 0 Å². The molecule has 0 bridgehead atoms. The second-order valence-corrected chi connectivity index (χ2v) is 7.97. The molecule has 1 aromatic heterocycles. The molecule has 8 nitrogen and oxygen atoms in total. The van der Waals surface area contributed by atoms with Gasteiger partial charge in [0.1, 0.15) is 5.82 Å². The number of likely N-dealkylation sites (tertiary alicyclic amines) is 1. The molecule has 3 N–H and O–H groups in total. The fraction of sp³-hybridized carbons (Fsp3) is 0.250. The molecular formula is C24H25N5O3. The van der Waals surface area contributed by atoms with E-state index < -0.39 is 6.04 Å². The molecule has 8 heteroatoms. The molecular weight excluding hydrogens is 406 g/mol. The van der Waals surface area contributed by atoms with E-state index in [2.05, 4.69) is 10.4 Å². The standard InChI is InChI=1S/C24H25N5O3/c1-15-5-11-19(12-6-15)29-23(25)20(14-26-29)22(31)21-4-3-13-28(21)24(32)17-7-9-18(10-8-17)27-16(2)30/h5-12,14,21H,3-4,13,25H2,1-2H3,(H,27,30)/t21-/m0/s1. The normalized spacial score (nSPS) is 15.6. The highest BCUT2D eigenvalue weighted by Crippen LogP contribution is 2.27. The maximum Gasteiger partial charge on any atom is 0.254 e. The number of rotatable bonds is 5. The lowest BCUT2D eigenvalue weighted by Gasteiger charge is -2.23. The number of nitrogens with two attached hydrogens (primary N) is 1. The Bertz CT molecular complexity index is 1170. The summed E-state index contributed by atoms with van der Waals surface area (Å²) >= 11 is 0. The summed E-state index contributed by atoms with van der Waals surface area (Å²) in [6.45, 7) is 3.91. The van der Waals surface area contributed by atoms with E-state index in [9.17, 15) is 14.4 Å². The molecule has 0 spiro atoms. The van der Waals surface area contributed by atoms with Crippen molar-refractivity contribution in [2.45, 2.75) is 32.7 Å². The first-order valence-corrected chi connectivity index (χ1v) is 10.5. The highest BCUT2D eigenvalue weighted by atomic mass is 16.2. The number of aromatic nitrogens is 2. The van der Waals surface area contributed by atoms with Gasteiger partial charge in [0.05, 0.1) is 23.5 Å². The second-order valence-electron chi connectivity index (χ2n) is 7.97. The molecule has 32 heavy (non-hydrogen) atoms. The summed E-state index contributed by atoms with van der Waals surface area (Å²) in [6.07, 6.45) is 2.78. The Morgan fingerprint density at radius 1 is 1.06 bits per heavy atom. The Morgan fingerprint density at radius 2 is 1.75 bits per heavy atom. The van der Waals surface area contributed by atoms with Gasteiger partial charge in [0.15, 0.2) is 5.78 Å². The molecule has 1 aliphatic heterocycles. The highest BCUT2D eigenvalue weighted by molar-refractivity contribution is 6.07. The van der Waals surface area contributed by atoms with Crippen LogP contribution in [-0.4, -0.2) is 44.9 Å². The molecule has 0 aliphatic carbocycles. The average Bonchev–Trinajstić information content (AvgIpc) is 3.41. The van der Waals surface area contributed by atoms with Crippen LogP contribution in [0.5, 0.6) is 0 Å². The van der Waals surface area contributed by atoms with Gasteiger partial charge in [-0.15, -0.1) is 0 Å². The maximum atomic E-state index is 13.3. The number of Topliss-reactive ketones (excluding diaryl/α,β-unsaturated/α-hetero) is 1. The third-order valence-corrected chi connectivity index (χ3v) is 5.62. The van der Waals surface area contributed by atoms with Gasteiger partial charge < -0.3 is 16.0 Å². The van der Waals surface area contributed by atoms with Crippen LogP contribution in [0.15, 0.2) is 54.7 Å². The van der Waals surface area contributed by atoms with Crippen molar-refractivity contribution in [3.8, 4) is 5.69 Å². The Labute approximate surface area is 186 Å². The summed E-state index contributed by atoms with van der Waals surface area (Å²) in [7, 11) is 0. The van der Waals surface area contributed by atoms with E-state index in [-0.39, 0.29) is 23.4 Å². The predicted octanol–water partition coefficient (Wildman–Crippen LogP) is 3.21. The summed E-state index contributed by atoms with van der Waals surface area (Å²) in [5, 5.41) is 6.98. The minimum absolute atomic E-state index is 0.182. The Morgan fingerprint density at radius 3 is 2.41 bits per heavy atom. The second kappa shape index (κ2) is 8.66. The quantitative estimate of drug-likeness (QED) is 0.603. The van der Waals surface area contributed by atoms with Gasteiger partial charge in [-0.3, -0.25) is 14.4 Å². The number of benzene rings is 2. The number of nitrogen functional groups attached to an aromatic ring is 1. The summed E-state index contributed by atoms with van der Waals surface area (Å²) in [5.74, 6) is -0.350. The lowest BCUT2D eigenvalue weighted by atomic mass is 10.0. The van der Waals surface area contributed by atoms with Gasteiger partial charge in [-0.05, 0) is 56.2 Å². The minimum atomic E-state index is -0.588. The van der Waals surface area contributed by atoms with Gasteiger partial charge in [-0.2, -0.15) is 5.10 Å². The summed E-state index contributed by atoms with van der Waals surface area (Å²) in [4.78, 5) is 39.2. The molecule has 0 unspecified atom stereocenters. The smallest absolute Gasteiger partial charge is 0.254 e. The van der Waals surface area contributed by atoms with Gasteiger partial charge in [0, 0.05) is 24.7 Å². The molecule has 1 aliphatic rings. The van der Waals surface area contributed by atoms with Crippen LogP contribution in [0.1, 0.15) is 46.0 Å². The van der Waals surface area contributed by atoms with Crippen molar-refractivity contribution in [3.05, 3.63) is 71.4 Å². The molecule has 1 atom stereocenters. The molecule has 0 saturated carbocycles. The minimum Gasteiger partial charge on any atom is -0.383 e. The van der Waals surface area contributed by atoms with Crippen molar-refractivity contribution in [1.82, 2.24) is 14.7 Å². The monoisotopic (exact) mass is 431 g/mol. The molecule has 2 amide bonds. The predicted molar refractivity (Wildman–Crippen MR) is 122 cm³/mol. The van der Waals surface area contributed by atoms with Crippen LogP contribution in [-0.2, 0) is 4.79 Å². The first-order valence-electron chi connectivity index (χ1n) is 10.5. The van der Waals surface area contributed by atoms with E-state index >= 15 is 0 Å². The number of ketones is 1. The first kappa shape index (κ1) is 21.3. The number of hydrogen-bond donors (Lipinski definition) is 2. The van der Waals surface area contributed by atoms with Gasteiger partial charge in [-0.25, -0.2) is 4.68 Å². The third-order valence-electron chi connectivity index (χ3n) is 5.62. The third kappa shape index (κ3) is 4.12. The molecule has 1 saturated heterocycles. The summed E-state index contributed by atoms with van der Waals surface area (Å²) in [5.41, 5.74) is 9.54. The topological polar surface area (TPSA) is 110 Å². The summed E-state index contributed by atoms with van der Waals surface area (Å²) in [6, 6.07) is 13.7. The molecule has 164 valence electrons. The van der Waals surface area contributed by atoms with E-state index in [0.717, 1.165) is 17.7 Å². The van der Waals surface area contributed by atoms with Crippen LogP contribution in [0.4, 0.5) is 11.5 Å².